The van der Waals surface area contributed by atoms with E-state index < -0.39 is 6.03 Å². The Hall–Kier alpha value is -2.85. The third-order valence-corrected chi connectivity index (χ3v) is 8.82. The minimum absolute atomic E-state index is 0.240. The van der Waals surface area contributed by atoms with Crippen molar-refractivity contribution in [1.82, 2.24) is 20.0 Å². The predicted molar refractivity (Wildman–Crippen MR) is 140 cm³/mol. The van der Waals surface area contributed by atoms with Gasteiger partial charge in [0.2, 0.25) is 5.91 Å². The number of nitrogens with one attached hydrogen (secondary N) is 2. The van der Waals surface area contributed by atoms with Gasteiger partial charge in [-0.05, 0) is 87.8 Å². The standard InChI is InChI=1S/C29H37N5O2/c35-26-10-12-33(28(36)32-26)27-19-30-25-9-8-21(20-34(25)27)7-5-3-1-2-4-6-11-31-29-16-22-13-23(17-29)15-24(14-22)18-29/h8-9,19-20,22-24,31H,1-4,6,10-18H2,(H,32,35,36). The van der Waals surface area contributed by atoms with Crippen LogP contribution in [-0.4, -0.2) is 40.0 Å². The first-order chi connectivity index (χ1) is 17.6. The highest BCUT2D eigenvalue weighted by atomic mass is 16.2. The second-order valence-corrected chi connectivity index (χ2v) is 11.6. The zero-order chi connectivity index (χ0) is 24.5. The smallest absolute Gasteiger partial charge is 0.311 e. The molecule has 1 aliphatic heterocycles. The van der Waals surface area contributed by atoms with Gasteiger partial charge in [0.25, 0.3) is 0 Å². The van der Waals surface area contributed by atoms with E-state index in [1.165, 1.54) is 64.3 Å². The van der Waals surface area contributed by atoms with Crippen LogP contribution in [0.25, 0.3) is 5.65 Å². The summed E-state index contributed by atoms with van der Waals surface area (Å²) in [6, 6.07) is 3.48. The molecule has 3 amide bonds. The zero-order valence-corrected chi connectivity index (χ0v) is 21.1. The molecule has 2 aromatic heterocycles. The van der Waals surface area contributed by atoms with Gasteiger partial charge in [-0.15, -0.1) is 0 Å². The summed E-state index contributed by atoms with van der Waals surface area (Å²) in [5.41, 5.74) is 2.14. The number of imide groups is 1. The summed E-state index contributed by atoms with van der Waals surface area (Å²) in [5, 5.41) is 6.38. The van der Waals surface area contributed by atoms with Crippen LogP contribution in [0.15, 0.2) is 24.5 Å². The van der Waals surface area contributed by atoms with Gasteiger partial charge in [0.05, 0.1) is 6.20 Å². The van der Waals surface area contributed by atoms with Crippen molar-refractivity contribution in [2.45, 2.75) is 82.6 Å². The van der Waals surface area contributed by atoms with Crippen molar-refractivity contribution in [3.8, 4) is 11.8 Å². The number of carbonyl (C=O) groups excluding carboxylic acids is 2. The topological polar surface area (TPSA) is 78.7 Å². The van der Waals surface area contributed by atoms with Crippen molar-refractivity contribution in [2.75, 3.05) is 18.0 Å². The number of hydrogen-bond acceptors (Lipinski definition) is 4. The molecule has 190 valence electrons. The van der Waals surface area contributed by atoms with E-state index in [-0.39, 0.29) is 12.3 Å². The molecular formula is C29H37N5O2. The number of aromatic nitrogens is 2. The number of unbranched alkanes of at least 4 members (excludes halogenated alkanes) is 4. The molecule has 4 saturated carbocycles. The van der Waals surface area contributed by atoms with Crippen LogP contribution in [0.1, 0.15) is 82.6 Å². The third kappa shape index (κ3) is 4.88. The fourth-order valence-corrected chi connectivity index (χ4v) is 7.56. The first-order valence-electron chi connectivity index (χ1n) is 13.9. The van der Waals surface area contributed by atoms with Gasteiger partial charge in [0.15, 0.2) is 0 Å². The van der Waals surface area contributed by atoms with Gasteiger partial charge in [-0.3, -0.25) is 19.4 Å². The maximum absolute atomic E-state index is 12.2. The summed E-state index contributed by atoms with van der Waals surface area (Å²) in [6.45, 7) is 1.53. The molecule has 7 rings (SSSR count). The predicted octanol–water partition coefficient (Wildman–Crippen LogP) is 4.64. The monoisotopic (exact) mass is 487 g/mol. The van der Waals surface area contributed by atoms with E-state index in [2.05, 4.69) is 27.5 Å². The molecule has 2 aromatic rings. The quantitative estimate of drug-likeness (QED) is 0.420. The summed E-state index contributed by atoms with van der Waals surface area (Å²) >= 11 is 0. The molecule has 0 radical (unpaired) electrons. The van der Waals surface area contributed by atoms with Crippen molar-refractivity contribution in [3.63, 3.8) is 0 Å². The highest BCUT2D eigenvalue weighted by molar-refractivity contribution is 6.05. The van der Waals surface area contributed by atoms with Crippen molar-refractivity contribution in [2.24, 2.45) is 17.8 Å². The molecule has 1 saturated heterocycles. The summed E-state index contributed by atoms with van der Waals surface area (Å²) in [5.74, 6) is 10.0. The maximum atomic E-state index is 12.2. The van der Waals surface area contributed by atoms with E-state index in [1.54, 1.807) is 11.1 Å². The van der Waals surface area contributed by atoms with Crippen LogP contribution >= 0.6 is 0 Å². The largest absolute Gasteiger partial charge is 0.329 e. The van der Waals surface area contributed by atoms with Gasteiger partial charge >= 0.3 is 6.03 Å². The van der Waals surface area contributed by atoms with Gasteiger partial charge < -0.3 is 5.32 Å². The molecule has 36 heavy (non-hydrogen) atoms. The number of amides is 3. The van der Waals surface area contributed by atoms with Gasteiger partial charge in [-0.1, -0.05) is 24.7 Å². The average molecular weight is 488 g/mol. The van der Waals surface area contributed by atoms with Crippen molar-refractivity contribution >= 4 is 23.4 Å². The maximum Gasteiger partial charge on any atom is 0.329 e. The van der Waals surface area contributed by atoms with Crippen LogP contribution in [0.5, 0.6) is 0 Å². The highest BCUT2D eigenvalue weighted by Crippen LogP contribution is 2.55. The van der Waals surface area contributed by atoms with E-state index in [4.69, 9.17) is 0 Å². The number of imidazole rings is 1. The Kier molecular flexibility index (Phi) is 6.47. The highest BCUT2D eigenvalue weighted by Gasteiger charge is 2.50. The van der Waals surface area contributed by atoms with Crippen LogP contribution in [-0.2, 0) is 4.79 Å². The number of anilines is 1. The Morgan fingerprint density at radius 1 is 1.03 bits per heavy atom. The van der Waals surface area contributed by atoms with E-state index in [0.717, 1.165) is 41.8 Å². The minimum Gasteiger partial charge on any atom is -0.311 e. The SMILES string of the molecule is O=C1CCN(c2cnc3ccc(C#CCCCCCCNC45CC6CC(CC(C6)C4)C5)cn23)C(=O)N1. The van der Waals surface area contributed by atoms with E-state index >= 15 is 0 Å². The van der Waals surface area contributed by atoms with E-state index in [1.807, 2.05) is 22.7 Å². The Balaban J connectivity index is 0.941. The average Bonchev–Trinajstić information content (AvgIpc) is 3.25. The molecule has 3 heterocycles. The minimum atomic E-state index is -0.405. The Morgan fingerprint density at radius 2 is 1.78 bits per heavy atom. The summed E-state index contributed by atoms with van der Waals surface area (Å²) < 4.78 is 1.87. The number of fused-ring (bicyclic) bond motifs is 1. The van der Waals surface area contributed by atoms with Gasteiger partial charge in [0, 0.05) is 36.7 Å². The van der Waals surface area contributed by atoms with Crippen LogP contribution in [0.2, 0.25) is 0 Å². The zero-order valence-electron chi connectivity index (χ0n) is 21.1. The van der Waals surface area contributed by atoms with Crippen LogP contribution in [0.4, 0.5) is 10.6 Å². The fraction of sp³-hybridized carbons (Fsp3) is 0.621. The molecule has 5 aliphatic rings. The molecule has 4 bridgehead atoms. The molecule has 2 N–H and O–H groups in total. The van der Waals surface area contributed by atoms with Crippen molar-refractivity contribution < 1.29 is 9.59 Å². The lowest BCUT2D eigenvalue weighted by atomic mass is 9.53. The van der Waals surface area contributed by atoms with Crippen LogP contribution < -0.4 is 15.5 Å². The van der Waals surface area contributed by atoms with E-state index in [9.17, 15) is 9.59 Å². The number of urea groups is 1. The molecule has 7 heteroatoms. The first kappa shape index (κ1) is 23.5. The molecule has 7 nitrogen and oxygen atoms in total. The molecule has 0 aromatic carbocycles. The van der Waals surface area contributed by atoms with Crippen LogP contribution in [0, 0.1) is 29.6 Å². The van der Waals surface area contributed by atoms with Crippen molar-refractivity contribution in [3.05, 3.63) is 30.1 Å². The molecule has 0 unspecified atom stereocenters. The lowest BCUT2D eigenvalue weighted by Gasteiger charge is -2.57. The Morgan fingerprint density at radius 3 is 2.53 bits per heavy atom. The second kappa shape index (κ2) is 9.89. The van der Waals surface area contributed by atoms with Gasteiger partial charge in [-0.2, -0.15) is 0 Å². The number of hydrogen-bond donors (Lipinski definition) is 2. The summed E-state index contributed by atoms with van der Waals surface area (Å²) in [7, 11) is 0. The van der Waals surface area contributed by atoms with Crippen LogP contribution in [0.3, 0.4) is 0 Å². The lowest BCUT2D eigenvalue weighted by Crippen LogP contribution is -2.58. The van der Waals surface area contributed by atoms with Crippen molar-refractivity contribution in [1.29, 1.82) is 0 Å². The summed E-state index contributed by atoms with van der Waals surface area (Å²) in [4.78, 5) is 29.6. The Bertz CT molecular complexity index is 1170. The molecule has 5 fully saturated rings. The number of rotatable bonds is 8. The normalized spacial score (nSPS) is 28.9. The van der Waals surface area contributed by atoms with Gasteiger partial charge in [0.1, 0.15) is 11.5 Å². The fourth-order valence-electron chi connectivity index (χ4n) is 7.56. The Labute approximate surface area is 213 Å². The van der Waals surface area contributed by atoms with Gasteiger partial charge in [-0.25, -0.2) is 9.78 Å². The molecule has 0 atom stereocenters. The third-order valence-electron chi connectivity index (χ3n) is 8.82. The number of pyridine rings is 1. The lowest BCUT2D eigenvalue weighted by molar-refractivity contribution is -0.120. The first-order valence-corrected chi connectivity index (χ1v) is 13.9. The van der Waals surface area contributed by atoms with E-state index in [0.29, 0.717) is 17.9 Å². The second-order valence-electron chi connectivity index (χ2n) is 11.6. The summed E-state index contributed by atoms with van der Waals surface area (Å²) in [6.07, 6.45) is 18.5. The number of nitrogens with zero attached hydrogens (tertiary/aromatic N) is 3. The molecule has 0 spiro atoms. The molecular weight excluding hydrogens is 450 g/mol. The number of carbonyl (C=O) groups is 2. The molecule has 4 aliphatic carbocycles.